The second kappa shape index (κ2) is 9.01. The molecular formula is C27H35NO3S. The highest BCUT2D eigenvalue weighted by atomic mass is 32.1. The third-order valence-corrected chi connectivity index (χ3v) is 8.76. The van der Waals surface area contributed by atoms with Gasteiger partial charge in [0.15, 0.2) is 6.61 Å². The fourth-order valence-electron chi connectivity index (χ4n) is 6.16. The first-order chi connectivity index (χ1) is 15.2. The van der Waals surface area contributed by atoms with Crippen LogP contribution in [0, 0.1) is 11.3 Å². The second-order valence-electron chi connectivity index (χ2n) is 10.4. The number of carbonyl (C=O) groups is 2. The first kappa shape index (κ1) is 23.0. The zero-order valence-electron chi connectivity index (χ0n) is 19.7. The van der Waals surface area contributed by atoms with Crippen molar-refractivity contribution in [2.45, 2.75) is 71.1 Å². The first-order valence-corrected chi connectivity index (χ1v) is 12.7. The van der Waals surface area contributed by atoms with Gasteiger partial charge in [-0.2, -0.15) is 0 Å². The zero-order valence-corrected chi connectivity index (χ0v) is 20.5. The molecule has 1 aromatic carbocycles. The monoisotopic (exact) mass is 453 g/mol. The quantitative estimate of drug-likeness (QED) is 0.558. The summed E-state index contributed by atoms with van der Waals surface area (Å²) < 4.78 is 5.18. The number of hydrogen-bond donors (Lipinski definition) is 1. The Morgan fingerprint density at radius 1 is 1.22 bits per heavy atom. The van der Waals surface area contributed by atoms with Crippen molar-refractivity contribution in [2.75, 3.05) is 13.2 Å². The molecule has 3 unspecified atom stereocenters. The molecule has 2 aromatic rings. The third kappa shape index (κ3) is 4.36. The molecule has 1 fully saturated rings. The lowest BCUT2D eigenvalue weighted by Gasteiger charge is -2.55. The van der Waals surface area contributed by atoms with Crippen LogP contribution >= 0.6 is 11.3 Å². The second-order valence-corrected chi connectivity index (χ2v) is 11.4. The molecule has 1 heterocycles. The van der Waals surface area contributed by atoms with Crippen LogP contribution in [0.5, 0.6) is 0 Å². The molecular weight excluding hydrogens is 418 g/mol. The summed E-state index contributed by atoms with van der Waals surface area (Å²) in [5, 5.41) is 4.90. The van der Waals surface area contributed by atoms with Crippen molar-refractivity contribution in [1.29, 1.82) is 0 Å². The highest BCUT2D eigenvalue weighted by Gasteiger charge is 2.51. The van der Waals surface area contributed by atoms with Crippen LogP contribution in [0.15, 0.2) is 35.7 Å². The number of amides is 1. The number of thiophene rings is 1. The molecule has 2 aliphatic carbocycles. The van der Waals surface area contributed by atoms with E-state index < -0.39 is 5.97 Å². The van der Waals surface area contributed by atoms with Gasteiger partial charge in [0.1, 0.15) is 4.88 Å². The maximum absolute atomic E-state index is 12.5. The largest absolute Gasteiger partial charge is 0.451 e. The van der Waals surface area contributed by atoms with Crippen LogP contribution in [-0.4, -0.2) is 25.0 Å². The summed E-state index contributed by atoms with van der Waals surface area (Å²) in [6.45, 7) is 9.69. The molecule has 1 amide bonds. The summed E-state index contributed by atoms with van der Waals surface area (Å²) in [7, 11) is 0. The van der Waals surface area contributed by atoms with Gasteiger partial charge in [-0.05, 0) is 76.5 Å². The maximum atomic E-state index is 12.5. The smallest absolute Gasteiger partial charge is 0.348 e. The van der Waals surface area contributed by atoms with Crippen LogP contribution in [0.2, 0.25) is 0 Å². The third-order valence-electron chi connectivity index (χ3n) is 7.91. The number of rotatable bonds is 6. The van der Waals surface area contributed by atoms with Crippen LogP contribution in [0.1, 0.15) is 85.7 Å². The van der Waals surface area contributed by atoms with Gasteiger partial charge in [0.25, 0.3) is 5.91 Å². The molecule has 32 heavy (non-hydrogen) atoms. The molecule has 1 aromatic heterocycles. The Bertz CT molecular complexity index is 983. The standard InChI is InChI=1S/C27H35NO3S/c1-18(2)19-8-10-21-20(15-19)9-11-23-26(3,12-6-13-27(21,23)4)17-28-24(29)16-31-25(30)22-7-5-14-32-22/h5,7-8,10,14-15,18,23H,6,9,11-13,16-17H2,1-4H3,(H,28,29). The molecule has 0 saturated heterocycles. The Morgan fingerprint density at radius 2 is 2.03 bits per heavy atom. The fraction of sp³-hybridized carbons (Fsp3) is 0.556. The van der Waals surface area contributed by atoms with E-state index in [0.717, 1.165) is 25.7 Å². The minimum Gasteiger partial charge on any atom is -0.451 e. The lowest BCUT2D eigenvalue weighted by molar-refractivity contribution is -0.125. The predicted molar refractivity (Wildman–Crippen MR) is 129 cm³/mol. The topological polar surface area (TPSA) is 55.4 Å². The minimum absolute atomic E-state index is 0.0365. The average molecular weight is 454 g/mol. The molecule has 3 atom stereocenters. The number of fused-ring (bicyclic) bond motifs is 3. The van der Waals surface area contributed by atoms with Gasteiger partial charge in [-0.1, -0.05) is 58.4 Å². The summed E-state index contributed by atoms with van der Waals surface area (Å²) in [6.07, 6.45) is 5.75. The predicted octanol–water partition coefficient (Wildman–Crippen LogP) is 5.86. The van der Waals surface area contributed by atoms with E-state index in [1.165, 1.54) is 34.4 Å². The van der Waals surface area contributed by atoms with E-state index in [4.69, 9.17) is 4.74 Å². The Kier molecular flexibility index (Phi) is 6.49. The SMILES string of the molecule is CC(C)c1ccc2c(c1)CCC1C(C)(CNC(=O)COC(=O)c3cccs3)CCCC21C. The average Bonchev–Trinajstić information content (AvgIpc) is 3.31. The highest BCUT2D eigenvalue weighted by molar-refractivity contribution is 7.11. The van der Waals surface area contributed by atoms with Crippen molar-refractivity contribution in [3.8, 4) is 0 Å². The number of aryl methyl sites for hydroxylation is 1. The van der Waals surface area contributed by atoms with Crippen molar-refractivity contribution in [3.05, 3.63) is 57.3 Å². The van der Waals surface area contributed by atoms with E-state index in [2.05, 4.69) is 51.2 Å². The molecule has 0 aliphatic heterocycles. The molecule has 1 N–H and O–H groups in total. The number of benzene rings is 1. The van der Waals surface area contributed by atoms with Crippen molar-refractivity contribution in [3.63, 3.8) is 0 Å². The van der Waals surface area contributed by atoms with E-state index in [1.807, 2.05) is 5.38 Å². The number of hydrogen-bond acceptors (Lipinski definition) is 4. The Balaban J connectivity index is 1.42. The molecule has 0 spiro atoms. The summed E-state index contributed by atoms with van der Waals surface area (Å²) >= 11 is 1.32. The lowest BCUT2D eigenvalue weighted by Crippen LogP contribution is -2.53. The van der Waals surface area contributed by atoms with Crippen molar-refractivity contribution in [1.82, 2.24) is 5.32 Å². The van der Waals surface area contributed by atoms with Gasteiger partial charge < -0.3 is 10.1 Å². The van der Waals surface area contributed by atoms with Crippen LogP contribution in [0.25, 0.3) is 0 Å². The number of ether oxygens (including phenoxy) is 1. The molecule has 4 nitrogen and oxygen atoms in total. The highest BCUT2D eigenvalue weighted by Crippen LogP contribution is 2.57. The molecule has 2 aliphatic rings. The molecule has 4 rings (SSSR count). The van der Waals surface area contributed by atoms with Crippen LogP contribution in [0.4, 0.5) is 0 Å². The summed E-state index contributed by atoms with van der Waals surface area (Å²) in [4.78, 5) is 25.0. The van der Waals surface area contributed by atoms with Gasteiger partial charge in [0.2, 0.25) is 0 Å². The van der Waals surface area contributed by atoms with Crippen LogP contribution < -0.4 is 5.32 Å². The molecule has 172 valence electrons. The van der Waals surface area contributed by atoms with E-state index >= 15 is 0 Å². The first-order valence-electron chi connectivity index (χ1n) is 11.8. The van der Waals surface area contributed by atoms with E-state index in [1.54, 1.807) is 12.1 Å². The Morgan fingerprint density at radius 3 is 2.75 bits per heavy atom. The number of carbonyl (C=O) groups excluding carboxylic acids is 2. The van der Waals surface area contributed by atoms with Gasteiger partial charge in [0.05, 0.1) is 0 Å². The van der Waals surface area contributed by atoms with E-state index in [-0.39, 0.29) is 23.3 Å². The van der Waals surface area contributed by atoms with Crippen molar-refractivity contribution < 1.29 is 14.3 Å². The molecule has 0 radical (unpaired) electrons. The fourth-order valence-corrected chi connectivity index (χ4v) is 6.78. The Labute approximate surface area is 195 Å². The van der Waals surface area contributed by atoms with Gasteiger partial charge in [0, 0.05) is 6.54 Å². The maximum Gasteiger partial charge on any atom is 0.348 e. The normalized spacial score (nSPS) is 26.8. The molecule has 5 heteroatoms. The Hall–Kier alpha value is -2.14. The minimum atomic E-state index is -0.434. The summed E-state index contributed by atoms with van der Waals surface area (Å²) in [5.41, 5.74) is 4.64. The van der Waals surface area contributed by atoms with Gasteiger partial charge in [-0.25, -0.2) is 4.79 Å². The van der Waals surface area contributed by atoms with Crippen LogP contribution in [-0.2, 0) is 21.4 Å². The van der Waals surface area contributed by atoms with Gasteiger partial charge in [-0.3, -0.25) is 4.79 Å². The molecule has 1 saturated carbocycles. The molecule has 0 bridgehead atoms. The van der Waals surface area contributed by atoms with Crippen molar-refractivity contribution in [2.24, 2.45) is 11.3 Å². The van der Waals surface area contributed by atoms with Gasteiger partial charge in [-0.15, -0.1) is 11.3 Å². The number of esters is 1. The van der Waals surface area contributed by atoms with Crippen LogP contribution in [0.3, 0.4) is 0 Å². The van der Waals surface area contributed by atoms with E-state index in [0.29, 0.717) is 23.3 Å². The lowest BCUT2D eigenvalue weighted by atomic mass is 9.49. The summed E-state index contributed by atoms with van der Waals surface area (Å²) in [6, 6.07) is 10.6. The number of nitrogens with one attached hydrogen (secondary N) is 1. The van der Waals surface area contributed by atoms with Crippen molar-refractivity contribution >= 4 is 23.2 Å². The van der Waals surface area contributed by atoms with E-state index in [9.17, 15) is 9.59 Å². The zero-order chi connectivity index (χ0) is 22.9. The van der Waals surface area contributed by atoms with Gasteiger partial charge >= 0.3 is 5.97 Å². The summed E-state index contributed by atoms with van der Waals surface area (Å²) in [5.74, 6) is 0.416.